The van der Waals surface area contributed by atoms with Crippen LogP contribution in [0, 0.1) is 12.8 Å². The van der Waals surface area contributed by atoms with Gasteiger partial charge in [-0.1, -0.05) is 0 Å². The Bertz CT molecular complexity index is 1350. The third-order valence-electron chi connectivity index (χ3n) is 8.24. The van der Waals surface area contributed by atoms with E-state index in [0.29, 0.717) is 0 Å². The minimum absolute atomic E-state index is 0. The summed E-state index contributed by atoms with van der Waals surface area (Å²) < 4.78 is 11.4. The Hall–Kier alpha value is -1.90. The molecule has 0 heterocycles. The van der Waals surface area contributed by atoms with Crippen molar-refractivity contribution in [2.24, 2.45) is 5.92 Å². The van der Waals surface area contributed by atoms with Crippen molar-refractivity contribution >= 4 is 37.4 Å². The first kappa shape index (κ1) is 31.3. The molecule has 4 rings (SSSR count). The van der Waals surface area contributed by atoms with Gasteiger partial charge in [0.2, 0.25) is 0 Å². The molecule has 0 aliphatic heterocycles. The maximum atomic E-state index is 7.60. The van der Waals surface area contributed by atoms with Crippen LogP contribution in [0.25, 0.3) is 0 Å². The van der Waals surface area contributed by atoms with Crippen molar-refractivity contribution in [3.63, 3.8) is 0 Å². The predicted molar refractivity (Wildman–Crippen MR) is 165 cm³/mol. The van der Waals surface area contributed by atoms with E-state index in [1.807, 2.05) is 0 Å². The van der Waals surface area contributed by atoms with Crippen molar-refractivity contribution in [2.45, 2.75) is 60.8 Å². The van der Waals surface area contributed by atoms with Crippen LogP contribution in [0.4, 0.5) is 0 Å². The summed E-state index contributed by atoms with van der Waals surface area (Å²) in [6.07, 6.45) is 0. The molecule has 3 aromatic rings. The van der Waals surface area contributed by atoms with Gasteiger partial charge in [-0.25, -0.2) is 0 Å². The van der Waals surface area contributed by atoms with E-state index in [9.17, 15) is 0 Å². The van der Waals surface area contributed by atoms with E-state index in [2.05, 4.69) is 134 Å². The van der Waals surface area contributed by atoms with Crippen molar-refractivity contribution in [3.05, 3.63) is 111 Å². The summed E-state index contributed by atoms with van der Waals surface area (Å²) in [6.45, 7) is 18.1. The third kappa shape index (κ3) is 5.21. The number of hydrogen-bond acceptors (Lipinski definition) is 1. The molecule has 3 aromatic carbocycles. The SMILES string of the molecule is Cl.Cl.[CH2]=[Ti]([O]c1cc(C)cc(C(C)(C)C)c1)([C]1=C(C)C(C)=C(C)C1C)([c]1ccccc1)[c]1ccccc1. The van der Waals surface area contributed by atoms with Crippen molar-refractivity contribution in [1.82, 2.24) is 0 Å². The van der Waals surface area contributed by atoms with Crippen molar-refractivity contribution in [3.8, 4) is 5.75 Å². The van der Waals surface area contributed by atoms with Crippen LogP contribution in [0.3, 0.4) is 0 Å². The van der Waals surface area contributed by atoms with Crippen molar-refractivity contribution in [1.29, 1.82) is 0 Å². The topological polar surface area (TPSA) is 9.23 Å². The molecule has 0 fully saturated rings. The first-order valence-corrected chi connectivity index (χ1v) is 16.8. The van der Waals surface area contributed by atoms with E-state index in [-0.39, 0.29) is 36.1 Å². The number of hydrogen-bond donors (Lipinski definition) is 0. The molecule has 1 nitrogen and oxygen atoms in total. The third-order valence-corrected chi connectivity index (χ3v) is 17.2. The first-order valence-electron chi connectivity index (χ1n) is 12.7. The molecule has 0 saturated carbocycles. The molecule has 0 spiro atoms. The van der Waals surface area contributed by atoms with Crippen LogP contribution in [-0.2, 0) is 20.6 Å². The second-order valence-corrected chi connectivity index (χ2v) is 18.7. The van der Waals surface area contributed by atoms with E-state index in [4.69, 9.17) is 8.14 Å². The molecule has 198 valence electrons. The Morgan fingerprint density at radius 1 is 0.730 bits per heavy atom. The number of rotatable bonds is 5. The molecule has 0 aromatic heterocycles. The van der Waals surface area contributed by atoms with Crippen molar-refractivity contribution in [2.75, 3.05) is 0 Å². The zero-order valence-electron chi connectivity index (χ0n) is 23.5. The molecule has 37 heavy (non-hydrogen) atoms. The molecular formula is C33H42Cl2OTi. The summed E-state index contributed by atoms with van der Waals surface area (Å²) in [5.74, 6) is 1.20. The molecule has 0 saturated heterocycles. The molecule has 1 aliphatic carbocycles. The van der Waals surface area contributed by atoms with Gasteiger partial charge in [0.15, 0.2) is 0 Å². The summed E-state index contributed by atoms with van der Waals surface area (Å²) in [6, 6.07) is 28.4. The van der Waals surface area contributed by atoms with Crippen molar-refractivity contribution < 1.29 is 18.5 Å². The average molecular weight is 573 g/mol. The van der Waals surface area contributed by atoms with Gasteiger partial charge in [-0.3, -0.25) is 0 Å². The fourth-order valence-electron chi connectivity index (χ4n) is 5.95. The number of allylic oxidation sites excluding steroid dienone is 4. The van der Waals surface area contributed by atoms with Gasteiger partial charge >= 0.3 is 214 Å². The minimum atomic E-state index is -4.60. The predicted octanol–water partition coefficient (Wildman–Crippen LogP) is 8.46. The average Bonchev–Trinajstić information content (AvgIpc) is 3.02. The van der Waals surface area contributed by atoms with Gasteiger partial charge in [0.05, 0.1) is 0 Å². The quantitative estimate of drug-likeness (QED) is 0.278. The van der Waals surface area contributed by atoms with Crippen LogP contribution < -0.4 is 11.1 Å². The zero-order chi connectivity index (χ0) is 25.6. The van der Waals surface area contributed by atoms with Crippen LogP contribution >= 0.6 is 24.8 Å². The van der Waals surface area contributed by atoms with E-state index in [1.54, 1.807) is 0 Å². The molecule has 1 atom stereocenters. The summed E-state index contributed by atoms with van der Waals surface area (Å²) in [5, 5.41) is 0. The Balaban J connectivity index is 0.00000241. The van der Waals surface area contributed by atoms with Crippen LogP contribution in [-0.4, -0.2) is 4.82 Å². The van der Waals surface area contributed by atoms with E-state index < -0.39 is 15.2 Å². The standard InChI is InChI=1S/C11H16O.C9H13.2C6H5.CH2.2ClH.Ti/c1-8-5-9(11(2,3)4)7-10(12)6-8;1-6-5-7(2)9(4)8(6)3;2*1-2-4-6-5-3-1;;;;/h5-7,12H,1-4H3;6H,1-4H3;2*1-5H;1H2;2*1H;/q;;;;;;;+1/p-1. The maximum absolute atomic E-state index is 7.60. The molecule has 1 aliphatic rings. The molecule has 0 bridgehead atoms. The first-order chi connectivity index (χ1) is 16.4. The summed E-state index contributed by atoms with van der Waals surface area (Å²) >= 11 is -4.60. The molecule has 1 unspecified atom stereocenters. The van der Waals surface area contributed by atoms with Gasteiger partial charge in [-0.05, 0) is 0 Å². The van der Waals surface area contributed by atoms with E-state index in [1.165, 1.54) is 39.5 Å². The van der Waals surface area contributed by atoms with Gasteiger partial charge in [0.25, 0.3) is 0 Å². The van der Waals surface area contributed by atoms with Crippen LogP contribution in [0.5, 0.6) is 5.75 Å². The molecule has 0 amide bonds. The Morgan fingerprint density at radius 3 is 1.62 bits per heavy atom. The summed E-state index contributed by atoms with van der Waals surface area (Å²) in [4.78, 5) is 5.29. The van der Waals surface area contributed by atoms with Gasteiger partial charge in [0, 0.05) is 0 Å². The number of benzene rings is 3. The van der Waals surface area contributed by atoms with E-state index >= 15 is 0 Å². The van der Waals surface area contributed by atoms with Gasteiger partial charge in [-0.15, -0.1) is 24.8 Å². The van der Waals surface area contributed by atoms with Gasteiger partial charge in [0.1, 0.15) is 0 Å². The zero-order valence-corrected chi connectivity index (χ0v) is 26.7. The van der Waals surface area contributed by atoms with Crippen LogP contribution in [0.2, 0.25) is 0 Å². The van der Waals surface area contributed by atoms with Gasteiger partial charge < -0.3 is 0 Å². The fraction of sp³-hybridized carbons (Fsp3) is 0.303. The normalized spacial score (nSPS) is 16.3. The second kappa shape index (κ2) is 11.1. The fourth-order valence-corrected chi connectivity index (χ4v) is 15.1. The van der Waals surface area contributed by atoms with E-state index in [0.717, 1.165) is 5.75 Å². The van der Waals surface area contributed by atoms with Crippen LogP contribution in [0.1, 0.15) is 59.6 Å². The molecule has 4 heteroatoms. The monoisotopic (exact) mass is 572 g/mol. The summed E-state index contributed by atoms with van der Waals surface area (Å²) in [5.41, 5.74) is 6.67. The number of aryl methyl sites for hydroxylation is 1. The molecular weight excluding hydrogens is 531 g/mol. The molecule has 0 radical (unpaired) electrons. The summed E-state index contributed by atoms with van der Waals surface area (Å²) in [7, 11) is 0. The molecule has 0 N–H and O–H groups in total. The Labute approximate surface area is 237 Å². The second-order valence-electron chi connectivity index (χ2n) is 11.5. The van der Waals surface area contributed by atoms with Crippen LogP contribution in [0.15, 0.2) is 99.5 Å². The Kier molecular flexibility index (Phi) is 9.37. The number of halogens is 2. The Morgan fingerprint density at radius 2 is 1.22 bits per heavy atom. The van der Waals surface area contributed by atoms with Gasteiger partial charge in [-0.2, -0.15) is 0 Å².